The van der Waals surface area contributed by atoms with Gasteiger partial charge in [-0.05, 0) is 25.0 Å². The van der Waals surface area contributed by atoms with Crippen molar-refractivity contribution in [3.63, 3.8) is 0 Å². The molecular weight excluding hydrogens is 174 g/mol. The van der Waals surface area contributed by atoms with Crippen LogP contribution in [0.4, 0.5) is 0 Å². The molecule has 0 aliphatic carbocycles. The zero-order chi connectivity index (χ0) is 10.4. The molecule has 0 saturated heterocycles. The van der Waals surface area contributed by atoms with Gasteiger partial charge < -0.3 is 5.32 Å². The maximum absolute atomic E-state index is 11.2. The fourth-order valence-electron chi connectivity index (χ4n) is 1.21. The Morgan fingerprint density at radius 2 is 2.00 bits per heavy atom. The SMILES string of the molecule is CCNC(=O)C=C(C)c1ccccc1. The molecule has 1 aromatic rings. The Morgan fingerprint density at radius 3 is 2.57 bits per heavy atom. The molecule has 14 heavy (non-hydrogen) atoms. The Balaban J connectivity index is 2.75. The van der Waals surface area contributed by atoms with E-state index in [1.807, 2.05) is 44.2 Å². The van der Waals surface area contributed by atoms with Crippen LogP contribution in [0.5, 0.6) is 0 Å². The van der Waals surface area contributed by atoms with E-state index in [1.165, 1.54) is 0 Å². The summed E-state index contributed by atoms with van der Waals surface area (Å²) in [5.74, 6) is -0.0335. The fourth-order valence-corrected chi connectivity index (χ4v) is 1.21. The predicted molar refractivity (Wildman–Crippen MR) is 58.8 cm³/mol. The summed E-state index contributed by atoms with van der Waals surface area (Å²) in [5.41, 5.74) is 2.07. The van der Waals surface area contributed by atoms with E-state index in [1.54, 1.807) is 6.08 Å². The van der Waals surface area contributed by atoms with E-state index in [9.17, 15) is 4.79 Å². The highest BCUT2D eigenvalue weighted by atomic mass is 16.1. The summed E-state index contributed by atoms with van der Waals surface area (Å²) in [7, 11) is 0. The van der Waals surface area contributed by atoms with E-state index in [-0.39, 0.29) is 5.91 Å². The number of nitrogens with one attached hydrogen (secondary N) is 1. The minimum absolute atomic E-state index is 0.0335. The molecule has 1 rings (SSSR count). The molecule has 0 fully saturated rings. The van der Waals surface area contributed by atoms with E-state index in [2.05, 4.69) is 5.32 Å². The van der Waals surface area contributed by atoms with Gasteiger partial charge in [0.05, 0.1) is 0 Å². The van der Waals surface area contributed by atoms with Crippen LogP contribution in [0.3, 0.4) is 0 Å². The third-order valence-corrected chi connectivity index (χ3v) is 1.93. The average molecular weight is 189 g/mol. The van der Waals surface area contributed by atoms with Gasteiger partial charge in [-0.25, -0.2) is 0 Å². The van der Waals surface area contributed by atoms with Crippen molar-refractivity contribution in [2.45, 2.75) is 13.8 Å². The number of rotatable bonds is 3. The highest BCUT2D eigenvalue weighted by molar-refractivity contribution is 5.94. The first-order chi connectivity index (χ1) is 6.74. The largest absolute Gasteiger partial charge is 0.353 e. The molecule has 0 aromatic heterocycles. The molecule has 74 valence electrons. The van der Waals surface area contributed by atoms with Crippen LogP contribution in [0.1, 0.15) is 19.4 Å². The lowest BCUT2D eigenvalue weighted by molar-refractivity contribution is -0.116. The zero-order valence-corrected chi connectivity index (χ0v) is 8.58. The molecule has 1 amide bonds. The summed E-state index contributed by atoms with van der Waals surface area (Å²) >= 11 is 0. The average Bonchev–Trinajstić information content (AvgIpc) is 2.19. The zero-order valence-electron chi connectivity index (χ0n) is 8.58. The first-order valence-corrected chi connectivity index (χ1v) is 4.75. The first-order valence-electron chi connectivity index (χ1n) is 4.75. The van der Waals surface area contributed by atoms with Crippen molar-refractivity contribution in [2.75, 3.05) is 6.54 Å². The summed E-state index contributed by atoms with van der Waals surface area (Å²) < 4.78 is 0. The molecule has 0 aliphatic heterocycles. The highest BCUT2D eigenvalue weighted by Crippen LogP contribution is 2.11. The first kappa shape index (κ1) is 10.5. The highest BCUT2D eigenvalue weighted by Gasteiger charge is 1.97. The number of hydrogen-bond acceptors (Lipinski definition) is 1. The van der Waals surface area contributed by atoms with Crippen LogP contribution >= 0.6 is 0 Å². The molecule has 0 saturated carbocycles. The van der Waals surface area contributed by atoms with Crippen LogP contribution in [0.2, 0.25) is 0 Å². The van der Waals surface area contributed by atoms with E-state index < -0.39 is 0 Å². The lowest BCUT2D eigenvalue weighted by atomic mass is 10.1. The third-order valence-electron chi connectivity index (χ3n) is 1.93. The van der Waals surface area contributed by atoms with E-state index in [0.717, 1.165) is 11.1 Å². The summed E-state index contributed by atoms with van der Waals surface area (Å²) in [5, 5.41) is 2.73. The fraction of sp³-hybridized carbons (Fsp3) is 0.250. The van der Waals surface area contributed by atoms with Gasteiger partial charge in [-0.15, -0.1) is 0 Å². The second-order valence-electron chi connectivity index (χ2n) is 3.09. The van der Waals surface area contributed by atoms with Crippen molar-refractivity contribution < 1.29 is 4.79 Å². The molecule has 0 unspecified atom stereocenters. The summed E-state index contributed by atoms with van der Waals surface area (Å²) in [6, 6.07) is 9.87. The third kappa shape index (κ3) is 3.05. The number of amides is 1. The lowest BCUT2D eigenvalue weighted by Crippen LogP contribution is -2.20. The number of hydrogen-bond donors (Lipinski definition) is 1. The summed E-state index contributed by atoms with van der Waals surface area (Å²) in [6.07, 6.45) is 1.62. The molecule has 2 heteroatoms. The van der Waals surface area contributed by atoms with Crippen molar-refractivity contribution in [3.8, 4) is 0 Å². The standard InChI is InChI=1S/C12H15NO/c1-3-13-12(14)9-10(2)11-7-5-4-6-8-11/h4-9H,3H2,1-2H3,(H,13,14). The van der Waals surface area contributed by atoms with Gasteiger partial charge in [0.1, 0.15) is 0 Å². The van der Waals surface area contributed by atoms with Crippen molar-refractivity contribution in [1.29, 1.82) is 0 Å². The summed E-state index contributed by atoms with van der Waals surface area (Å²) in [4.78, 5) is 11.2. The number of carbonyl (C=O) groups excluding carboxylic acids is 1. The molecule has 0 bridgehead atoms. The molecule has 0 atom stereocenters. The van der Waals surface area contributed by atoms with E-state index >= 15 is 0 Å². The van der Waals surface area contributed by atoms with Gasteiger partial charge in [-0.3, -0.25) is 4.79 Å². The molecule has 1 aromatic carbocycles. The van der Waals surface area contributed by atoms with Gasteiger partial charge >= 0.3 is 0 Å². The Bertz CT molecular complexity index is 327. The topological polar surface area (TPSA) is 29.1 Å². The molecular formula is C12H15NO. The van der Waals surface area contributed by atoms with Crippen LogP contribution in [0, 0.1) is 0 Å². The molecule has 0 heterocycles. The van der Waals surface area contributed by atoms with Crippen LogP contribution in [0.25, 0.3) is 5.57 Å². The maximum atomic E-state index is 11.2. The monoisotopic (exact) mass is 189 g/mol. The second kappa shape index (κ2) is 5.22. The number of likely N-dealkylation sites (N-methyl/N-ethyl adjacent to an activating group) is 1. The Labute approximate surface area is 84.6 Å². The predicted octanol–water partition coefficient (Wildman–Crippen LogP) is 2.23. The molecule has 0 aliphatic rings. The Hall–Kier alpha value is -1.57. The van der Waals surface area contributed by atoms with Crippen molar-refractivity contribution in [2.24, 2.45) is 0 Å². The van der Waals surface area contributed by atoms with Crippen molar-refractivity contribution in [1.82, 2.24) is 5.32 Å². The van der Waals surface area contributed by atoms with Crippen LogP contribution in [-0.2, 0) is 4.79 Å². The Kier molecular flexibility index (Phi) is 3.92. The van der Waals surface area contributed by atoms with Gasteiger partial charge in [0, 0.05) is 12.6 Å². The van der Waals surface area contributed by atoms with E-state index in [0.29, 0.717) is 6.54 Å². The minimum atomic E-state index is -0.0335. The van der Waals surface area contributed by atoms with Gasteiger partial charge in [-0.1, -0.05) is 30.3 Å². The van der Waals surface area contributed by atoms with Crippen LogP contribution in [-0.4, -0.2) is 12.5 Å². The molecule has 0 radical (unpaired) electrons. The van der Waals surface area contributed by atoms with Gasteiger partial charge in [0.25, 0.3) is 0 Å². The smallest absolute Gasteiger partial charge is 0.244 e. The Morgan fingerprint density at radius 1 is 1.36 bits per heavy atom. The number of carbonyl (C=O) groups is 1. The molecule has 2 nitrogen and oxygen atoms in total. The molecule has 0 spiro atoms. The van der Waals surface area contributed by atoms with E-state index in [4.69, 9.17) is 0 Å². The van der Waals surface area contributed by atoms with Gasteiger partial charge in [0.15, 0.2) is 0 Å². The molecule has 1 N–H and O–H groups in total. The summed E-state index contributed by atoms with van der Waals surface area (Å²) in [6.45, 7) is 4.51. The quantitative estimate of drug-likeness (QED) is 0.726. The van der Waals surface area contributed by atoms with Gasteiger partial charge in [-0.2, -0.15) is 0 Å². The van der Waals surface area contributed by atoms with Crippen molar-refractivity contribution >= 4 is 11.5 Å². The second-order valence-corrected chi connectivity index (χ2v) is 3.09. The van der Waals surface area contributed by atoms with Crippen LogP contribution in [0.15, 0.2) is 36.4 Å². The number of allylic oxidation sites excluding steroid dienone is 1. The van der Waals surface area contributed by atoms with Crippen molar-refractivity contribution in [3.05, 3.63) is 42.0 Å². The van der Waals surface area contributed by atoms with Crippen LogP contribution < -0.4 is 5.32 Å². The number of benzene rings is 1. The minimum Gasteiger partial charge on any atom is -0.353 e. The van der Waals surface area contributed by atoms with Gasteiger partial charge in [0.2, 0.25) is 5.91 Å². The normalized spacial score (nSPS) is 11.1. The lowest BCUT2D eigenvalue weighted by Gasteiger charge is -2.01. The maximum Gasteiger partial charge on any atom is 0.244 e.